The SMILES string of the molecule is CCCCNCCC(=O)Nc1ccc(OCC)cc1. The van der Waals surface area contributed by atoms with Gasteiger partial charge in [0.05, 0.1) is 6.61 Å². The Kier molecular flexibility index (Phi) is 7.66. The van der Waals surface area contributed by atoms with Crippen LogP contribution in [0.5, 0.6) is 5.75 Å². The van der Waals surface area contributed by atoms with Gasteiger partial charge in [-0.25, -0.2) is 0 Å². The minimum Gasteiger partial charge on any atom is -0.494 e. The Balaban J connectivity index is 2.24. The van der Waals surface area contributed by atoms with E-state index in [2.05, 4.69) is 17.6 Å². The first-order valence-corrected chi connectivity index (χ1v) is 6.99. The van der Waals surface area contributed by atoms with Gasteiger partial charge in [0.25, 0.3) is 0 Å². The second-order valence-electron chi connectivity index (χ2n) is 4.36. The van der Waals surface area contributed by atoms with Gasteiger partial charge >= 0.3 is 0 Å². The smallest absolute Gasteiger partial charge is 0.225 e. The van der Waals surface area contributed by atoms with Crippen molar-refractivity contribution in [2.45, 2.75) is 33.1 Å². The minimum atomic E-state index is 0.0353. The van der Waals surface area contributed by atoms with Crippen molar-refractivity contribution in [3.63, 3.8) is 0 Å². The van der Waals surface area contributed by atoms with Crippen molar-refractivity contribution >= 4 is 11.6 Å². The molecule has 106 valence electrons. The molecule has 4 heteroatoms. The normalized spacial score (nSPS) is 10.2. The van der Waals surface area contributed by atoms with Crippen molar-refractivity contribution in [3.05, 3.63) is 24.3 Å². The molecular formula is C15H24N2O2. The second kappa shape index (κ2) is 9.39. The number of ether oxygens (including phenoxy) is 1. The Morgan fingerprint density at radius 2 is 1.89 bits per heavy atom. The molecule has 1 rings (SSSR count). The molecule has 0 fully saturated rings. The summed E-state index contributed by atoms with van der Waals surface area (Å²) in [6.07, 6.45) is 2.82. The molecular weight excluding hydrogens is 240 g/mol. The van der Waals surface area contributed by atoms with Crippen molar-refractivity contribution in [3.8, 4) is 5.75 Å². The van der Waals surface area contributed by atoms with Crippen LogP contribution in [-0.2, 0) is 4.79 Å². The average Bonchev–Trinajstić information content (AvgIpc) is 2.41. The Hall–Kier alpha value is -1.55. The molecule has 0 heterocycles. The zero-order valence-electron chi connectivity index (χ0n) is 11.9. The van der Waals surface area contributed by atoms with Gasteiger partial charge in [-0.3, -0.25) is 4.79 Å². The lowest BCUT2D eigenvalue weighted by Gasteiger charge is -2.07. The molecule has 0 atom stereocenters. The Bertz CT molecular complexity index is 363. The van der Waals surface area contributed by atoms with Crippen LogP contribution in [0.2, 0.25) is 0 Å². The van der Waals surface area contributed by atoms with Crippen LogP contribution < -0.4 is 15.4 Å². The van der Waals surface area contributed by atoms with E-state index in [0.29, 0.717) is 13.0 Å². The molecule has 19 heavy (non-hydrogen) atoms. The minimum absolute atomic E-state index is 0.0353. The third-order valence-corrected chi connectivity index (χ3v) is 2.69. The van der Waals surface area contributed by atoms with Gasteiger partial charge in [0.1, 0.15) is 5.75 Å². The van der Waals surface area contributed by atoms with E-state index < -0.39 is 0 Å². The number of nitrogens with one attached hydrogen (secondary N) is 2. The number of carbonyl (C=O) groups excluding carboxylic acids is 1. The monoisotopic (exact) mass is 264 g/mol. The van der Waals surface area contributed by atoms with Gasteiger partial charge in [-0.15, -0.1) is 0 Å². The maximum absolute atomic E-state index is 11.7. The lowest BCUT2D eigenvalue weighted by molar-refractivity contribution is -0.116. The van der Waals surface area contributed by atoms with Crippen molar-refractivity contribution in [1.29, 1.82) is 0 Å². The summed E-state index contributed by atoms with van der Waals surface area (Å²) in [6.45, 7) is 6.45. The molecule has 0 unspecified atom stereocenters. The molecule has 0 bridgehead atoms. The van der Waals surface area contributed by atoms with Crippen molar-refractivity contribution in [2.24, 2.45) is 0 Å². The predicted octanol–water partition coefficient (Wildman–Crippen LogP) is 2.80. The van der Waals surface area contributed by atoms with E-state index in [0.717, 1.165) is 30.9 Å². The van der Waals surface area contributed by atoms with Gasteiger partial charge in [0.15, 0.2) is 0 Å². The van der Waals surface area contributed by atoms with Gasteiger partial charge in [-0.1, -0.05) is 13.3 Å². The third kappa shape index (κ3) is 6.82. The van der Waals surface area contributed by atoms with E-state index in [1.54, 1.807) is 0 Å². The lowest BCUT2D eigenvalue weighted by atomic mass is 10.3. The maximum atomic E-state index is 11.7. The molecule has 0 aliphatic carbocycles. The molecule has 0 aliphatic rings. The number of rotatable bonds is 9. The van der Waals surface area contributed by atoms with E-state index in [1.165, 1.54) is 6.42 Å². The molecule has 0 saturated heterocycles. The summed E-state index contributed by atoms with van der Waals surface area (Å²) in [6, 6.07) is 7.43. The summed E-state index contributed by atoms with van der Waals surface area (Å²) in [7, 11) is 0. The van der Waals surface area contributed by atoms with Crippen LogP contribution in [0.25, 0.3) is 0 Å². The molecule has 4 nitrogen and oxygen atoms in total. The van der Waals surface area contributed by atoms with Crippen molar-refractivity contribution < 1.29 is 9.53 Å². The van der Waals surface area contributed by atoms with Gasteiger partial charge in [0.2, 0.25) is 5.91 Å². The van der Waals surface area contributed by atoms with Crippen LogP contribution in [-0.4, -0.2) is 25.6 Å². The summed E-state index contributed by atoms with van der Waals surface area (Å²) < 4.78 is 5.35. The number of benzene rings is 1. The summed E-state index contributed by atoms with van der Waals surface area (Å²) in [5.74, 6) is 0.856. The van der Waals surface area contributed by atoms with E-state index in [1.807, 2.05) is 31.2 Å². The number of anilines is 1. The molecule has 2 N–H and O–H groups in total. The Morgan fingerprint density at radius 3 is 2.53 bits per heavy atom. The standard InChI is InChI=1S/C15H24N2O2/c1-3-5-11-16-12-10-15(18)17-13-6-8-14(9-7-13)19-4-2/h6-9,16H,3-5,10-12H2,1-2H3,(H,17,18). The topological polar surface area (TPSA) is 50.4 Å². The summed E-state index contributed by atoms with van der Waals surface area (Å²) in [5, 5.41) is 6.12. The number of carbonyl (C=O) groups is 1. The highest BCUT2D eigenvalue weighted by Crippen LogP contribution is 2.15. The molecule has 0 aliphatic heterocycles. The van der Waals surface area contributed by atoms with Crippen LogP contribution in [0.1, 0.15) is 33.1 Å². The van der Waals surface area contributed by atoms with Gasteiger partial charge in [0, 0.05) is 18.7 Å². The quantitative estimate of drug-likeness (QED) is 0.674. The van der Waals surface area contributed by atoms with Gasteiger partial charge < -0.3 is 15.4 Å². The van der Waals surface area contributed by atoms with Crippen molar-refractivity contribution in [1.82, 2.24) is 5.32 Å². The van der Waals surface area contributed by atoms with E-state index in [-0.39, 0.29) is 5.91 Å². The zero-order valence-corrected chi connectivity index (χ0v) is 11.9. The first kappa shape index (κ1) is 15.5. The fourth-order valence-corrected chi connectivity index (χ4v) is 1.65. The van der Waals surface area contributed by atoms with Crippen LogP contribution in [0, 0.1) is 0 Å². The predicted molar refractivity (Wildman–Crippen MR) is 78.6 cm³/mol. The first-order valence-electron chi connectivity index (χ1n) is 6.99. The third-order valence-electron chi connectivity index (χ3n) is 2.69. The van der Waals surface area contributed by atoms with E-state index in [4.69, 9.17) is 4.74 Å². The molecule has 0 spiro atoms. The number of amides is 1. The first-order chi connectivity index (χ1) is 9.26. The van der Waals surface area contributed by atoms with Gasteiger partial charge in [-0.05, 0) is 44.2 Å². The molecule has 0 saturated carbocycles. The fourth-order valence-electron chi connectivity index (χ4n) is 1.65. The number of hydrogen-bond acceptors (Lipinski definition) is 3. The van der Waals surface area contributed by atoms with E-state index in [9.17, 15) is 4.79 Å². The summed E-state index contributed by atoms with van der Waals surface area (Å²) in [4.78, 5) is 11.7. The maximum Gasteiger partial charge on any atom is 0.225 e. The lowest BCUT2D eigenvalue weighted by Crippen LogP contribution is -2.22. The summed E-state index contributed by atoms with van der Waals surface area (Å²) in [5.41, 5.74) is 0.807. The Morgan fingerprint density at radius 1 is 1.16 bits per heavy atom. The highest BCUT2D eigenvalue weighted by Gasteiger charge is 2.02. The summed E-state index contributed by atoms with van der Waals surface area (Å²) >= 11 is 0. The molecule has 0 radical (unpaired) electrons. The van der Waals surface area contributed by atoms with E-state index >= 15 is 0 Å². The second-order valence-corrected chi connectivity index (χ2v) is 4.36. The van der Waals surface area contributed by atoms with Crippen LogP contribution in [0.4, 0.5) is 5.69 Å². The molecule has 1 aromatic carbocycles. The molecule has 0 aromatic heterocycles. The largest absolute Gasteiger partial charge is 0.494 e. The molecule has 1 amide bonds. The highest BCUT2D eigenvalue weighted by atomic mass is 16.5. The van der Waals surface area contributed by atoms with Crippen LogP contribution in [0.15, 0.2) is 24.3 Å². The van der Waals surface area contributed by atoms with Crippen LogP contribution >= 0.6 is 0 Å². The Labute approximate surface area is 115 Å². The average molecular weight is 264 g/mol. The van der Waals surface area contributed by atoms with Crippen molar-refractivity contribution in [2.75, 3.05) is 25.0 Å². The van der Waals surface area contributed by atoms with Gasteiger partial charge in [-0.2, -0.15) is 0 Å². The van der Waals surface area contributed by atoms with Crippen LogP contribution in [0.3, 0.4) is 0 Å². The highest BCUT2D eigenvalue weighted by molar-refractivity contribution is 5.90. The number of unbranched alkanes of at least 4 members (excludes halogenated alkanes) is 1. The zero-order chi connectivity index (χ0) is 13.9. The molecule has 1 aromatic rings. The number of hydrogen-bond donors (Lipinski definition) is 2. The fraction of sp³-hybridized carbons (Fsp3) is 0.533.